The van der Waals surface area contributed by atoms with E-state index in [2.05, 4.69) is 47.1 Å². The maximum atomic E-state index is 5.40. The standard InChI is InChI=1S/C15H17BrO/c1-2-3-5-12-7-9-13(10-8-12)15(16)14-6-4-11-17-14/h4,6-11,15H,2-3,5H2,1H3. The number of hydrogen-bond donors (Lipinski definition) is 0. The fourth-order valence-electron chi connectivity index (χ4n) is 1.83. The van der Waals surface area contributed by atoms with Crippen molar-refractivity contribution < 1.29 is 4.42 Å². The Bertz CT molecular complexity index is 430. The topological polar surface area (TPSA) is 13.1 Å². The molecular formula is C15H17BrO. The number of aryl methyl sites for hydroxylation is 1. The molecule has 1 unspecified atom stereocenters. The Hall–Kier alpha value is -1.02. The first-order valence-electron chi connectivity index (χ1n) is 6.07. The Morgan fingerprint density at radius 2 is 1.94 bits per heavy atom. The molecule has 2 aromatic rings. The predicted octanol–water partition coefficient (Wildman–Crippen LogP) is 5.11. The molecular weight excluding hydrogens is 276 g/mol. The highest BCUT2D eigenvalue weighted by Crippen LogP contribution is 2.31. The zero-order valence-electron chi connectivity index (χ0n) is 10.0. The number of hydrogen-bond acceptors (Lipinski definition) is 1. The molecule has 17 heavy (non-hydrogen) atoms. The highest BCUT2D eigenvalue weighted by atomic mass is 79.9. The highest BCUT2D eigenvalue weighted by molar-refractivity contribution is 9.09. The van der Waals surface area contributed by atoms with Crippen molar-refractivity contribution >= 4 is 15.9 Å². The Morgan fingerprint density at radius 1 is 1.18 bits per heavy atom. The van der Waals surface area contributed by atoms with Crippen molar-refractivity contribution in [3.8, 4) is 0 Å². The van der Waals surface area contributed by atoms with Crippen LogP contribution in [0.1, 0.15) is 41.5 Å². The lowest BCUT2D eigenvalue weighted by atomic mass is 10.0. The molecule has 0 saturated carbocycles. The molecule has 2 heteroatoms. The van der Waals surface area contributed by atoms with E-state index in [1.807, 2.05) is 12.1 Å². The Labute approximate surface area is 111 Å². The monoisotopic (exact) mass is 292 g/mol. The van der Waals surface area contributed by atoms with Gasteiger partial charge in [0.25, 0.3) is 0 Å². The van der Waals surface area contributed by atoms with Crippen LogP contribution in [0.15, 0.2) is 47.1 Å². The zero-order chi connectivity index (χ0) is 12.1. The summed E-state index contributed by atoms with van der Waals surface area (Å²) in [5, 5.41) is 0. The van der Waals surface area contributed by atoms with Crippen molar-refractivity contribution in [1.82, 2.24) is 0 Å². The second-order valence-electron chi connectivity index (χ2n) is 4.22. The molecule has 0 bridgehead atoms. The molecule has 90 valence electrons. The quantitative estimate of drug-likeness (QED) is 0.698. The fourth-order valence-corrected chi connectivity index (χ4v) is 2.40. The van der Waals surface area contributed by atoms with Crippen molar-refractivity contribution in [3.63, 3.8) is 0 Å². The number of rotatable bonds is 5. The van der Waals surface area contributed by atoms with Gasteiger partial charge in [-0.25, -0.2) is 0 Å². The molecule has 0 saturated heterocycles. The summed E-state index contributed by atoms with van der Waals surface area (Å²) in [4.78, 5) is 0.151. The molecule has 1 aromatic carbocycles. The van der Waals surface area contributed by atoms with Crippen LogP contribution in [0.5, 0.6) is 0 Å². The third-order valence-corrected chi connectivity index (χ3v) is 3.86. The van der Waals surface area contributed by atoms with E-state index in [1.54, 1.807) is 6.26 Å². The van der Waals surface area contributed by atoms with Crippen LogP contribution in [0.4, 0.5) is 0 Å². The van der Waals surface area contributed by atoms with Crippen molar-refractivity contribution in [1.29, 1.82) is 0 Å². The molecule has 1 heterocycles. The van der Waals surface area contributed by atoms with Gasteiger partial charge < -0.3 is 4.42 Å². The first kappa shape index (κ1) is 12.4. The molecule has 0 spiro atoms. The van der Waals surface area contributed by atoms with Crippen LogP contribution < -0.4 is 0 Å². The van der Waals surface area contributed by atoms with Crippen LogP contribution >= 0.6 is 15.9 Å². The fraction of sp³-hybridized carbons (Fsp3) is 0.333. The summed E-state index contributed by atoms with van der Waals surface area (Å²) in [5.41, 5.74) is 2.65. The van der Waals surface area contributed by atoms with Gasteiger partial charge in [0, 0.05) is 0 Å². The maximum absolute atomic E-state index is 5.40. The number of furan rings is 1. The van der Waals surface area contributed by atoms with Crippen molar-refractivity contribution in [2.24, 2.45) is 0 Å². The number of unbranched alkanes of at least 4 members (excludes halogenated alkanes) is 1. The van der Waals surface area contributed by atoms with E-state index < -0.39 is 0 Å². The van der Waals surface area contributed by atoms with Gasteiger partial charge in [0.1, 0.15) is 5.76 Å². The van der Waals surface area contributed by atoms with Gasteiger partial charge in [-0.1, -0.05) is 53.5 Å². The first-order chi connectivity index (χ1) is 8.31. The smallest absolute Gasteiger partial charge is 0.121 e. The van der Waals surface area contributed by atoms with E-state index in [0.29, 0.717) is 0 Å². The summed E-state index contributed by atoms with van der Waals surface area (Å²) in [6.07, 6.45) is 5.38. The predicted molar refractivity (Wildman–Crippen MR) is 74.5 cm³/mol. The number of halogens is 1. The lowest BCUT2D eigenvalue weighted by Gasteiger charge is -2.08. The van der Waals surface area contributed by atoms with Crippen LogP contribution in [-0.4, -0.2) is 0 Å². The normalized spacial score (nSPS) is 12.6. The van der Waals surface area contributed by atoms with E-state index >= 15 is 0 Å². The van der Waals surface area contributed by atoms with Gasteiger partial charge in [0.15, 0.2) is 0 Å². The molecule has 0 fully saturated rings. The van der Waals surface area contributed by atoms with Gasteiger partial charge in [-0.3, -0.25) is 0 Å². The summed E-state index contributed by atoms with van der Waals surface area (Å²) in [6.45, 7) is 2.22. The average molecular weight is 293 g/mol. The van der Waals surface area contributed by atoms with Gasteiger partial charge in [-0.2, -0.15) is 0 Å². The zero-order valence-corrected chi connectivity index (χ0v) is 11.6. The highest BCUT2D eigenvalue weighted by Gasteiger charge is 2.12. The van der Waals surface area contributed by atoms with Gasteiger partial charge in [-0.05, 0) is 36.1 Å². The number of alkyl halides is 1. The molecule has 2 rings (SSSR count). The minimum atomic E-state index is 0.151. The van der Waals surface area contributed by atoms with E-state index in [0.717, 1.165) is 5.76 Å². The average Bonchev–Trinajstić information content (AvgIpc) is 2.90. The van der Waals surface area contributed by atoms with Crippen molar-refractivity contribution in [3.05, 3.63) is 59.5 Å². The lowest BCUT2D eigenvalue weighted by Crippen LogP contribution is -1.92. The molecule has 0 aliphatic rings. The summed E-state index contributed by atoms with van der Waals surface area (Å²) < 4.78 is 5.40. The summed E-state index contributed by atoms with van der Waals surface area (Å²) in [6, 6.07) is 12.7. The molecule has 1 nitrogen and oxygen atoms in total. The van der Waals surface area contributed by atoms with Crippen molar-refractivity contribution in [2.45, 2.75) is 31.0 Å². The SMILES string of the molecule is CCCCc1ccc(C(Br)c2ccco2)cc1. The second-order valence-corrected chi connectivity index (χ2v) is 5.14. The van der Waals surface area contributed by atoms with E-state index in [1.165, 1.54) is 30.4 Å². The van der Waals surface area contributed by atoms with E-state index in [4.69, 9.17) is 4.42 Å². The summed E-state index contributed by atoms with van der Waals surface area (Å²) >= 11 is 3.66. The Morgan fingerprint density at radius 3 is 2.53 bits per heavy atom. The minimum absolute atomic E-state index is 0.151. The minimum Gasteiger partial charge on any atom is -0.468 e. The molecule has 0 amide bonds. The Balaban J connectivity index is 2.07. The first-order valence-corrected chi connectivity index (χ1v) is 6.99. The third-order valence-electron chi connectivity index (χ3n) is 2.88. The summed E-state index contributed by atoms with van der Waals surface area (Å²) in [7, 11) is 0. The molecule has 1 atom stereocenters. The van der Waals surface area contributed by atoms with Crippen molar-refractivity contribution in [2.75, 3.05) is 0 Å². The van der Waals surface area contributed by atoms with Gasteiger partial charge in [0.2, 0.25) is 0 Å². The lowest BCUT2D eigenvalue weighted by molar-refractivity contribution is 0.519. The van der Waals surface area contributed by atoms with Gasteiger partial charge >= 0.3 is 0 Å². The third kappa shape index (κ3) is 3.22. The second kappa shape index (κ2) is 6.06. The van der Waals surface area contributed by atoms with Gasteiger partial charge in [0.05, 0.1) is 11.1 Å². The molecule has 0 aliphatic carbocycles. The van der Waals surface area contributed by atoms with E-state index in [9.17, 15) is 0 Å². The van der Waals surface area contributed by atoms with Crippen LogP contribution in [0.25, 0.3) is 0 Å². The molecule has 0 aliphatic heterocycles. The van der Waals surface area contributed by atoms with Crippen LogP contribution in [-0.2, 0) is 6.42 Å². The van der Waals surface area contributed by atoms with Crippen LogP contribution in [0.2, 0.25) is 0 Å². The molecule has 0 radical (unpaired) electrons. The van der Waals surface area contributed by atoms with Gasteiger partial charge in [-0.15, -0.1) is 0 Å². The Kier molecular flexibility index (Phi) is 4.43. The van der Waals surface area contributed by atoms with Crippen LogP contribution in [0.3, 0.4) is 0 Å². The number of benzene rings is 1. The largest absolute Gasteiger partial charge is 0.468 e. The maximum Gasteiger partial charge on any atom is 0.121 e. The molecule has 1 aromatic heterocycles. The summed E-state index contributed by atoms with van der Waals surface area (Å²) in [5.74, 6) is 0.950. The van der Waals surface area contributed by atoms with Crippen LogP contribution in [0, 0.1) is 0 Å². The van der Waals surface area contributed by atoms with E-state index in [-0.39, 0.29) is 4.83 Å². The molecule has 0 N–H and O–H groups in total.